The summed E-state index contributed by atoms with van der Waals surface area (Å²) in [6.45, 7) is 9.52. The van der Waals surface area contributed by atoms with Crippen molar-refractivity contribution in [2.45, 2.75) is 13.8 Å². The second kappa shape index (κ2) is 6.77. The highest BCUT2D eigenvalue weighted by atomic mass is 16.5. The molecule has 0 aromatic carbocycles. The number of ether oxygens (including phenoxy) is 1. The average Bonchev–Trinajstić information content (AvgIpc) is 2.11. The maximum atomic E-state index is 11.4. The third kappa shape index (κ3) is 7.13. The number of esters is 1. The summed E-state index contributed by atoms with van der Waals surface area (Å²) in [7, 11) is 8.09. The summed E-state index contributed by atoms with van der Waals surface area (Å²) in [5, 5.41) is 0. The first-order valence-electron chi connectivity index (χ1n) is 5.78. The van der Waals surface area contributed by atoms with Crippen molar-refractivity contribution < 1.29 is 9.53 Å². The Hall–Kier alpha value is -0.870. The zero-order valence-electron chi connectivity index (χ0n) is 12.0. The molecule has 0 amide bonds. The molecule has 0 rings (SSSR count). The molecule has 0 fully saturated rings. The number of hydrogen-bond donors (Lipinski definition) is 0. The van der Waals surface area contributed by atoms with Gasteiger partial charge >= 0.3 is 5.97 Å². The van der Waals surface area contributed by atoms with E-state index in [1.807, 2.05) is 28.2 Å². The second-order valence-electron chi connectivity index (χ2n) is 5.64. The van der Waals surface area contributed by atoms with Gasteiger partial charge in [-0.05, 0) is 35.1 Å². The molecule has 0 N–H and O–H groups in total. The number of carbonyl (C=O) groups is 1. The summed E-state index contributed by atoms with van der Waals surface area (Å²) in [6, 6.07) is 0. The molecule has 4 heteroatoms. The highest BCUT2D eigenvalue weighted by Gasteiger charge is 2.28. The molecule has 17 heavy (non-hydrogen) atoms. The van der Waals surface area contributed by atoms with E-state index < -0.39 is 0 Å². The fourth-order valence-corrected chi connectivity index (χ4v) is 2.03. The molecule has 0 radical (unpaired) electrons. The lowest BCUT2D eigenvalue weighted by Gasteiger charge is -2.34. The van der Waals surface area contributed by atoms with E-state index >= 15 is 0 Å². The van der Waals surface area contributed by atoms with Crippen LogP contribution in [0.4, 0.5) is 0 Å². The van der Waals surface area contributed by atoms with Crippen LogP contribution in [0.15, 0.2) is 12.2 Å². The van der Waals surface area contributed by atoms with Gasteiger partial charge in [-0.2, -0.15) is 0 Å². The first-order valence-corrected chi connectivity index (χ1v) is 5.78. The van der Waals surface area contributed by atoms with E-state index in [4.69, 9.17) is 4.74 Å². The molecular weight excluding hydrogens is 216 g/mol. The molecule has 0 bridgehead atoms. The molecule has 100 valence electrons. The summed E-state index contributed by atoms with van der Waals surface area (Å²) in [5.41, 5.74) is 0.375. The molecule has 0 unspecified atom stereocenters. The van der Waals surface area contributed by atoms with E-state index in [-0.39, 0.29) is 11.4 Å². The zero-order valence-corrected chi connectivity index (χ0v) is 12.0. The third-order valence-electron chi connectivity index (χ3n) is 2.30. The Morgan fingerprint density at radius 1 is 1.18 bits per heavy atom. The van der Waals surface area contributed by atoms with E-state index in [1.54, 1.807) is 6.92 Å². The van der Waals surface area contributed by atoms with Gasteiger partial charge < -0.3 is 14.5 Å². The molecule has 0 aliphatic carbocycles. The van der Waals surface area contributed by atoms with Crippen molar-refractivity contribution in [3.63, 3.8) is 0 Å². The van der Waals surface area contributed by atoms with Crippen molar-refractivity contribution >= 4 is 5.97 Å². The predicted octanol–water partition coefficient (Wildman–Crippen LogP) is 1.24. The maximum absolute atomic E-state index is 11.4. The molecule has 0 atom stereocenters. The number of nitrogens with zero attached hydrogens (tertiary/aromatic N) is 2. The van der Waals surface area contributed by atoms with Crippen LogP contribution < -0.4 is 0 Å². The number of hydrogen-bond acceptors (Lipinski definition) is 4. The molecule has 0 aromatic heterocycles. The highest BCUT2D eigenvalue weighted by Crippen LogP contribution is 2.19. The van der Waals surface area contributed by atoms with E-state index in [0.717, 1.165) is 13.1 Å². The molecule has 0 aromatic rings. The van der Waals surface area contributed by atoms with E-state index in [0.29, 0.717) is 12.2 Å². The Labute approximate surface area is 105 Å². The fourth-order valence-electron chi connectivity index (χ4n) is 2.03. The van der Waals surface area contributed by atoms with Gasteiger partial charge in [0.2, 0.25) is 0 Å². The summed E-state index contributed by atoms with van der Waals surface area (Å²) in [6.07, 6.45) is 0. The highest BCUT2D eigenvalue weighted by molar-refractivity contribution is 5.86. The van der Waals surface area contributed by atoms with E-state index in [2.05, 4.69) is 23.3 Å². The lowest BCUT2D eigenvalue weighted by atomic mass is 9.90. The summed E-state index contributed by atoms with van der Waals surface area (Å²) in [5.74, 6) is -0.311. The molecular formula is C13H26N2O2. The van der Waals surface area contributed by atoms with Gasteiger partial charge in [-0.1, -0.05) is 13.5 Å². The monoisotopic (exact) mass is 242 g/mol. The first kappa shape index (κ1) is 16.1. The van der Waals surface area contributed by atoms with Gasteiger partial charge in [-0.25, -0.2) is 4.79 Å². The Morgan fingerprint density at radius 3 is 1.88 bits per heavy atom. The standard InChI is InChI=1S/C13H26N2O2/c1-11(2)12(16)17-10-13(3,8-14(4)5)9-15(6)7/h1,8-10H2,2-7H3. The van der Waals surface area contributed by atoms with Crippen LogP contribution >= 0.6 is 0 Å². The lowest BCUT2D eigenvalue weighted by molar-refractivity contribution is -0.142. The van der Waals surface area contributed by atoms with Crippen LogP contribution in [-0.2, 0) is 9.53 Å². The van der Waals surface area contributed by atoms with Gasteiger partial charge in [0.25, 0.3) is 0 Å². The molecule has 0 saturated heterocycles. The minimum absolute atomic E-state index is 0.0713. The van der Waals surface area contributed by atoms with Gasteiger partial charge in [0.15, 0.2) is 0 Å². The van der Waals surface area contributed by atoms with E-state index in [1.165, 1.54) is 0 Å². The average molecular weight is 242 g/mol. The maximum Gasteiger partial charge on any atom is 0.333 e. The molecule has 0 aliphatic heterocycles. The molecule has 0 spiro atoms. The zero-order chi connectivity index (χ0) is 13.6. The quantitative estimate of drug-likeness (QED) is 0.497. The van der Waals surface area contributed by atoms with Crippen molar-refractivity contribution in [1.82, 2.24) is 9.80 Å². The Morgan fingerprint density at radius 2 is 1.59 bits per heavy atom. The smallest absolute Gasteiger partial charge is 0.333 e. The first-order chi connectivity index (χ1) is 7.66. The van der Waals surface area contributed by atoms with Crippen molar-refractivity contribution in [3.8, 4) is 0 Å². The van der Waals surface area contributed by atoms with Crippen molar-refractivity contribution in [1.29, 1.82) is 0 Å². The van der Waals surface area contributed by atoms with Gasteiger partial charge in [0.05, 0.1) is 6.61 Å². The number of carbonyl (C=O) groups excluding carboxylic acids is 1. The van der Waals surface area contributed by atoms with Crippen LogP contribution in [0.1, 0.15) is 13.8 Å². The largest absolute Gasteiger partial charge is 0.462 e. The Kier molecular flexibility index (Phi) is 6.42. The minimum atomic E-state index is -0.311. The van der Waals surface area contributed by atoms with E-state index in [9.17, 15) is 4.79 Å². The summed E-state index contributed by atoms with van der Waals surface area (Å²) >= 11 is 0. The van der Waals surface area contributed by atoms with Crippen LogP contribution in [0.25, 0.3) is 0 Å². The minimum Gasteiger partial charge on any atom is -0.462 e. The fraction of sp³-hybridized carbons (Fsp3) is 0.769. The number of rotatable bonds is 7. The van der Waals surface area contributed by atoms with Gasteiger partial charge in [-0.15, -0.1) is 0 Å². The SMILES string of the molecule is C=C(C)C(=O)OCC(C)(CN(C)C)CN(C)C. The van der Waals surface area contributed by atoms with Gasteiger partial charge in [-0.3, -0.25) is 0 Å². The third-order valence-corrected chi connectivity index (χ3v) is 2.30. The van der Waals surface area contributed by atoms with Crippen LogP contribution in [0.2, 0.25) is 0 Å². The predicted molar refractivity (Wildman–Crippen MR) is 71.0 cm³/mol. The molecule has 4 nitrogen and oxygen atoms in total. The Balaban J connectivity index is 4.48. The van der Waals surface area contributed by atoms with Crippen molar-refractivity contribution in [2.75, 3.05) is 47.9 Å². The summed E-state index contributed by atoms with van der Waals surface area (Å²) in [4.78, 5) is 15.6. The lowest BCUT2D eigenvalue weighted by Crippen LogP contribution is -2.43. The van der Waals surface area contributed by atoms with Crippen LogP contribution in [0.5, 0.6) is 0 Å². The normalized spacial score (nSPS) is 12.0. The van der Waals surface area contributed by atoms with Gasteiger partial charge in [0, 0.05) is 24.1 Å². The van der Waals surface area contributed by atoms with Crippen LogP contribution in [0, 0.1) is 5.41 Å². The van der Waals surface area contributed by atoms with Crippen LogP contribution in [0.3, 0.4) is 0 Å². The summed E-state index contributed by atoms with van der Waals surface area (Å²) < 4.78 is 5.28. The van der Waals surface area contributed by atoms with Crippen molar-refractivity contribution in [2.24, 2.45) is 5.41 Å². The molecule has 0 saturated carbocycles. The Bertz CT molecular complexity index is 263. The van der Waals surface area contributed by atoms with Gasteiger partial charge in [0.1, 0.15) is 0 Å². The topological polar surface area (TPSA) is 32.8 Å². The molecule has 0 aliphatic rings. The van der Waals surface area contributed by atoms with Crippen LogP contribution in [-0.4, -0.2) is 63.7 Å². The molecule has 0 heterocycles. The van der Waals surface area contributed by atoms with Crippen molar-refractivity contribution in [3.05, 3.63) is 12.2 Å². The second-order valence-corrected chi connectivity index (χ2v) is 5.64.